The normalized spacial score (nSPS) is 10.8. The minimum Gasteiger partial charge on any atom is -0.375 e. The predicted molar refractivity (Wildman–Crippen MR) is 87.9 cm³/mol. The largest absolute Gasteiger partial charge is 0.375 e. The van der Waals surface area contributed by atoms with E-state index in [4.69, 9.17) is 5.73 Å². The summed E-state index contributed by atoms with van der Waals surface area (Å²) in [6.45, 7) is 1.99. The molecule has 4 nitrogen and oxygen atoms in total. The van der Waals surface area contributed by atoms with Crippen molar-refractivity contribution in [3.05, 3.63) is 53.6 Å². The third-order valence-corrected chi connectivity index (χ3v) is 4.28. The number of hydrogen-bond acceptors (Lipinski definition) is 4. The van der Waals surface area contributed by atoms with Crippen LogP contribution in [0, 0.1) is 6.92 Å². The number of hydrogen-bond donors (Lipinski definition) is 1. The molecule has 2 N–H and O–H groups in total. The highest BCUT2D eigenvalue weighted by molar-refractivity contribution is 7.22. The second-order valence-electron chi connectivity index (χ2n) is 4.89. The summed E-state index contributed by atoms with van der Waals surface area (Å²) < 4.78 is 0.927. The lowest BCUT2D eigenvalue weighted by Gasteiger charge is -2.19. The van der Waals surface area contributed by atoms with Gasteiger partial charge in [0.15, 0.2) is 5.13 Å². The summed E-state index contributed by atoms with van der Waals surface area (Å²) in [6.07, 6.45) is 0. The molecule has 0 spiro atoms. The molecular formula is C16H15N3OS. The van der Waals surface area contributed by atoms with Crippen LogP contribution in [0.15, 0.2) is 42.5 Å². The Balaban J connectivity index is 1.98. The third-order valence-electron chi connectivity index (χ3n) is 3.43. The van der Waals surface area contributed by atoms with E-state index >= 15 is 0 Å². The number of fused-ring (bicyclic) bond motifs is 1. The number of carbonyl (C=O) groups excluding carboxylic acids is 1. The zero-order valence-electron chi connectivity index (χ0n) is 11.8. The molecule has 2 aromatic carbocycles. The standard InChI is InChI=1S/C16H15N3OS/c1-10-5-3-4-6-13(10)19(2)15(20)11-7-8-12-14(9-11)21-16(17)18-12/h3-9H,1-2H3,(H2,17,18). The summed E-state index contributed by atoms with van der Waals surface area (Å²) in [5.74, 6) is -0.0434. The highest BCUT2D eigenvalue weighted by Crippen LogP contribution is 2.26. The van der Waals surface area contributed by atoms with Crippen LogP contribution in [0.3, 0.4) is 0 Å². The summed E-state index contributed by atoms with van der Waals surface area (Å²) >= 11 is 1.39. The van der Waals surface area contributed by atoms with Crippen molar-refractivity contribution in [2.24, 2.45) is 0 Å². The Morgan fingerprint density at radius 1 is 1.24 bits per heavy atom. The van der Waals surface area contributed by atoms with Crippen molar-refractivity contribution < 1.29 is 4.79 Å². The Morgan fingerprint density at radius 2 is 2.00 bits per heavy atom. The van der Waals surface area contributed by atoms with Crippen molar-refractivity contribution in [3.8, 4) is 0 Å². The highest BCUT2D eigenvalue weighted by Gasteiger charge is 2.16. The van der Waals surface area contributed by atoms with Crippen LogP contribution in [0.25, 0.3) is 10.2 Å². The van der Waals surface area contributed by atoms with Crippen molar-refractivity contribution in [3.63, 3.8) is 0 Å². The van der Waals surface area contributed by atoms with Gasteiger partial charge in [0.05, 0.1) is 10.2 Å². The van der Waals surface area contributed by atoms with Crippen LogP contribution >= 0.6 is 11.3 Å². The summed E-state index contributed by atoms with van der Waals surface area (Å²) in [5.41, 5.74) is 9.14. The van der Waals surface area contributed by atoms with Gasteiger partial charge in [0, 0.05) is 18.3 Å². The van der Waals surface area contributed by atoms with Gasteiger partial charge in [0.25, 0.3) is 5.91 Å². The number of carbonyl (C=O) groups is 1. The van der Waals surface area contributed by atoms with E-state index in [1.165, 1.54) is 11.3 Å². The molecule has 0 bridgehead atoms. The molecule has 106 valence electrons. The molecule has 0 fully saturated rings. The van der Waals surface area contributed by atoms with Crippen LogP contribution in [0.4, 0.5) is 10.8 Å². The van der Waals surface area contributed by atoms with Crippen molar-refractivity contribution in [1.29, 1.82) is 0 Å². The number of nitrogens with two attached hydrogens (primary N) is 1. The SMILES string of the molecule is Cc1ccccc1N(C)C(=O)c1ccc2nc(N)sc2c1. The van der Waals surface area contributed by atoms with Crippen LogP contribution in [0.5, 0.6) is 0 Å². The minimum absolute atomic E-state index is 0.0434. The molecule has 3 rings (SSSR count). The number of thiazole rings is 1. The molecule has 0 radical (unpaired) electrons. The topological polar surface area (TPSA) is 59.2 Å². The van der Waals surface area contributed by atoms with E-state index in [-0.39, 0.29) is 5.91 Å². The van der Waals surface area contributed by atoms with Crippen molar-refractivity contribution in [2.75, 3.05) is 17.7 Å². The summed E-state index contributed by atoms with van der Waals surface area (Å²) in [4.78, 5) is 18.5. The Kier molecular flexibility index (Phi) is 3.35. The molecule has 3 aromatic rings. The van der Waals surface area contributed by atoms with Crippen LogP contribution in [0.2, 0.25) is 0 Å². The highest BCUT2D eigenvalue weighted by atomic mass is 32.1. The minimum atomic E-state index is -0.0434. The van der Waals surface area contributed by atoms with E-state index in [2.05, 4.69) is 4.98 Å². The Hall–Kier alpha value is -2.40. The summed E-state index contributed by atoms with van der Waals surface area (Å²) in [5, 5.41) is 0.516. The molecule has 1 heterocycles. The van der Waals surface area contributed by atoms with Crippen molar-refractivity contribution in [1.82, 2.24) is 4.98 Å². The number of rotatable bonds is 2. The molecule has 1 aromatic heterocycles. The van der Waals surface area contributed by atoms with E-state index in [1.807, 2.05) is 43.3 Å². The quantitative estimate of drug-likeness (QED) is 0.788. The Morgan fingerprint density at radius 3 is 2.76 bits per heavy atom. The van der Waals surface area contributed by atoms with E-state index in [1.54, 1.807) is 18.0 Å². The first kappa shape index (κ1) is 13.6. The number of anilines is 2. The van der Waals surface area contributed by atoms with Crippen LogP contribution in [0.1, 0.15) is 15.9 Å². The van der Waals surface area contributed by atoms with Gasteiger partial charge in [-0.25, -0.2) is 4.98 Å². The van der Waals surface area contributed by atoms with Gasteiger partial charge >= 0.3 is 0 Å². The average molecular weight is 297 g/mol. The first-order chi connectivity index (χ1) is 10.1. The van der Waals surface area contributed by atoms with Crippen molar-refractivity contribution in [2.45, 2.75) is 6.92 Å². The molecule has 21 heavy (non-hydrogen) atoms. The van der Waals surface area contributed by atoms with Gasteiger partial charge in [0.1, 0.15) is 0 Å². The number of aromatic nitrogens is 1. The lowest BCUT2D eigenvalue weighted by molar-refractivity contribution is 0.0993. The van der Waals surface area contributed by atoms with Gasteiger partial charge in [-0.1, -0.05) is 29.5 Å². The number of benzene rings is 2. The number of amides is 1. The number of nitrogens with zero attached hydrogens (tertiary/aromatic N) is 2. The molecule has 0 aliphatic heterocycles. The molecule has 0 atom stereocenters. The van der Waals surface area contributed by atoms with Crippen LogP contribution < -0.4 is 10.6 Å². The lowest BCUT2D eigenvalue weighted by atomic mass is 10.1. The fraction of sp³-hybridized carbons (Fsp3) is 0.125. The summed E-state index contributed by atoms with van der Waals surface area (Å²) in [7, 11) is 1.79. The smallest absolute Gasteiger partial charge is 0.258 e. The predicted octanol–water partition coefficient (Wildman–Crippen LogP) is 3.46. The second-order valence-corrected chi connectivity index (χ2v) is 5.95. The van der Waals surface area contributed by atoms with E-state index in [0.29, 0.717) is 10.7 Å². The van der Waals surface area contributed by atoms with E-state index < -0.39 is 0 Å². The molecule has 5 heteroatoms. The number of nitrogen functional groups attached to an aromatic ring is 1. The lowest BCUT2D eigenvalue weighted by Crippen LogP contribution is -2.26. The van der Waals surface area contributed by atoms with Gasteiger partial charge in [0.2, 0.25) is 0 Å². The van der Waals surface area contributed by atoms with Crippen molar-refractivity contribution >= 4 is 38.3 Å². The van der Waals surface area contributed by atoms with E-state index in [9.17, 15) is 4.79 Å². The fourth-order valence-corrected chi connectivity index (χ4v) is 3.09. The zero-order valence-corrected chi connectivity index (χ0v) is 12.6. The maximum atomic E-state index is 12.6. The Bertz CT molecular complexity index is 825. The molecular weight excluding hydrogens is 282 g/mol. The fourth-order valence-electron chi connectivity index (χ4n) is 2.32. The second kappa shape index (κ2) is 5.18. The molecule has 0 aliphatic carbocycles. The number of para-hydroxylation sites is 1. The monoisotopic (exact) mass is 297 g/mol. The average Bonchev–Trinajstić information content (AvgIpc) is 2.85. The maximum Gasteiger partial charge on any atom is 0.258 e. The molecule has 0 saturated carbocycles. The first-order valence-electron chi connectivity index (χ1n) is 6.56. The molecule has 1 amide bonds. The number of aryl methyl sites for hydroxylation is 1. The first-order valence-corrected chi connectivity index (χ1v) is 7.37. The Labute approximate surface area is 126 Å². The van der Waals surface area contributed by atoms with Crippen LogP contribution in [-0.4, -0.2) is 17.9 Å². The molecule has 0 aliphatic rings. The third kappa shape index (κ3) is 2.48. The van der Waals surface area contributed by atoms with Gasteiger partial charge in [-0.15, -0.1) is 0 Å². The summed E-state index contributed by atoms with van der Waals surface area (Å²) in [6, 6.07) is 13.3. The molecule has 0 saturated heterocycles. The van der Waals surface area contributed by atoms with E-state index in [0.717, 1.165) is 21.5 Å². The van der Waals surface area contributed by atoms with Gasteiger partial charge < -0.3 is 10.6 Å². The zero-order chi connectivity index (χ0) is 15.0. The van der Waals surface area contributed by atoms with Gasteiger partial charge in [-0.3, -0.25) is 4.79 Å². The van der Waals surface area contributed by atoms with Gasteiger partial charge in [-0.05, 0) is 36.8 Å². The maximum absolute atomic E-state index is 12.6. The van der Waals surface area contributed by atoms with Gasteiger partial charge in [-0.2, -0.15) is 0 Å². The van der Waals surface area contributed by atoms with Crippen LogP contribution in [-0.2, 0) is 0 Å². The molecule has 0 unspecified atom stereocenters.